The van der Waals surface area contributed by atoms with Crippen LogP contribution in [0.2, 0.25) is 10.0 Å². The number of methoxy groups -OCH3 is 1. The van der Waals surface area contributed by atoms with Gasteiger partial charge in [-0.05, 0) is 53.6 Å². The first-order valence-electron chi connectivity index (χ1n) is 9.33. The van der Waals surface area contributed by atoms with Crippen LogP contribution >= 0.6 is 23.2 Å². The molecule has 0 radical (unpaired) electrons. The molecule has 3 aromatic rings. The minimum absolute atomic E-state index is 0.0118. The number of rotatable bonds is 7. The minimum Gasteiger partial charge on any atom is -0.493 e. The number of benzene rings is 3. The van der Waals surface area contributed by atoms with Crippen LogP contribution < -0.4 is 14.8 Å². The molecule has 0 aliphatic heterocycles. The Morgan fingerprint density at radius 3 is 2.56 bits per heavy atom. The van der Waals surface area contributed by atoms with E-state index in [-0.39, 0.29) is 17.9 Å². The molecule has 1 amide bonds. The average Bonchev–Trinajstić information content (AvgIpc) is 2.80. The van der Waals surface area contributed by atoms with Crippen LogP contribution in [0, 0.1) is 17.1 Å². The maximum atomic E-state index is 13.8. The topological polar surface area (TPSA) is 71.3 Å². The molecule has 32 heavy (non-hydrogen) atoms. The predicted octanol–water partition coefficient (Wildman–Crippen LogP) is 6.27. The normalized spacial score (nSPS) is 10.9. The summed E-state index contributed by atoms with van der Waals surface area (Å²) in [4.78, 5) is 12.4. The highest BCUT2D eigenvalue weighted by Gasteiger charge is 2.13. The van der Waals surface area contributed by atoms with E-state index >= 15 is 0 Å². The zero-order valence-corrected chi connectivity index (χ0v) is 18.4. The van der Waals surface area contributed by atoms with Crippen molar-refractivity contribution in [1.82, 2.24) is 0 Å². The van der Waals surface area contributed by atoms with E-state index in [4.69, 9.17) is 32.7 Å². The predicted molar refractivity (Wildman–Crippen MR) is 122 cm³/mol. The minimum atomic E-state index is -0.725. The number of para-hydroxylation sites is 1. The highest BCUT2D eigenvalue weighted by Crippen LogP contribution is 2.30. The van der Waals surface area contributed by atoms with Crippen LogP contribution in [0.1, 0.15) is 11.1 Å². The van der Waals surface area contributed by atoms with Crippen molar-refractivity contribution in [2.24, 2.45) is 0 Å². The zero-order chi connectivity index (χ0) is 23.1. The standard InChI is InChI=1S/C24H17Cl2FN2O3/c1-31-23-12-15(7-9-22(23)32-14-16-6-8-18(25)19(26)11-16)10-17(13-28)24(30)29-21-5-3-2-4-20(21)27/h2-12H,14H2,1H3,(H,29,30)/b17-10+. The van der Waals surface area contributed by atoms with Gasteiger partial charge in [-0.25, -0.2) is 4.39 Å². The van der Waals surface area contributed by atoms with Crippen molar-refractivity contribution in [3.05, 3.63) is 93.2 Å². The molecule has 162 valence electrons. The molecule has 5 nitrogen and oxygen atoms in total. The number of nitrogens with zero attached hydrogens (tertiary/aromatic N) is 1. The summed E-state index contributed by atoms with van der Waals surface area (Å²) in [5, 5.41) is 12.7. The molecule has 0 spiro atoms. The van der Waals surface area contributed by atoms with E-state index in [1.54, 1.807) is 42.5 Å². The number of nitriles is 1. The monoisotopic (exact) mass is 470 g/mol. The Balaban J connectivity index is 1.76. The van der Waals surface area contributed by atoms with Crippen molar-refractivity contribution >= 4 is 40.9 Å². The van der Waals surface area contributed by atoms with Crippen molar-refractivity contribution < 1.29 is 18.7 Å². The van der Waals surface area contributed by atoms with Gasteiger partial charge in [0.1, 0.15) is 24.1 Å². The number of carbonyl (C=O) groups excluding carboxylic acids is 1. The summed E-state index contributed by atoms with van der Waals surface area (Å²) < 4.78 is 24.9. The number of hydrogen-bond donors (Lipinski definition) is 1. The Kier molecular flexibility index (Phi) is 7.72. The molecule has 0 aliphatic carbocycles. The molecule has 0 unspecified atom stereocenters. The summed E-state index contributed by atoms with van der Waals surface area (Å²) in [6.45, 7) is 0.233. The molecule has 3 aromatic carbocycles. The van der Waals surface area contributed by atoms with Crippen molar-refractivity contribution in [1.29, 1.82) is 5.26 Å². The Morgan fingerprint density at radius 1 is 1.09 bits per heavy atom. The van der Waals surface area contributed by atoms with Crippen molar-refractivity contribution in [3.63, 3.8) is 0 Å². The average molecular weight is 471 g/mol. The van der Waals surface area contributed by atoms with Gasteiger partial charge in [0, 0.05) is 0 Å². The van der Waals surface area contributed by atoms with Gasteiger partial charge in [-0.1, -0.05) is 47.5 Å². The summed E-state index contributed by atoms with van der Waals surface area (Å²) in [7, 11) is 1.48. The lowest BCUT2D eigenvalue weighted by molar-refractivity contribution is -0.112. The van der Waals surface area contributed by atoms with E-state index < -0.39 is 11.7 Å². The first kappa shape index (κ1) is 23.1. The van der Waals surface area contributed by atoms with Crippen molar-refractivity contribution in [3.8, 4) is 17.6 Å². The van der Waals surface area contributed by atoms with Gasteiger partial charge in [-0.3, -0.25) is 4.79 Å². The van der Waals surface area contributed by atoms with E-state index in [9.17, 15) is 14.4 Å². The van der Waals surface area contributed by atoms with Crippen molar-refractivity contribution in [2.75, 3.05) is 12.4 Å². The summed E-state index contributed by atoms with van der Waals surface area (Å²) in [5.41, 5.74) is 1.15. The van der Waals surface area contributed by atoms with Gasteiger partial charge in [0.2, 0.25) is 0 Å². The van der Waals surface area contributed by atoms with Gasteiger partial charge in [0.05, 0.1) is 22.8 Å². The van der Waals surface area contributed by atoms with E-state index in [0.29, 0.717) is 27.1 Å². The molecule has 0 saturated heterocycles. The molecule has 0 saturated carbocycles. The summed E-state index contributed by atoms with van der Waals surface area (Å²) in [5.74, 6) is -0.449. The van der Waals surface area contributed by atoms with E-state index in [2.05, 4.69) is 5.32 Å². The number of amides is 1. The van der Waals surface area contributed by atoms with Gasteiger partial charge < -0.3 is 14.8 Å². The van der Waals surface area contributed by atoms with Gasteiger partial charge in [-0.2, -0.15) is 5.26 Å². The van der Waals surface area contributed by atoms with E-state index in [1.807, 2.05) is 6.07 Å². The highest BCUT2D eigenvalue weighted by molar-refractivity contribution is 6.42. The molecule has 0 fully saturated rings. The lowest BCUT2D eigenvalue weighted by atomic mass is 10.1. The molecule has 8 heteroatoms. The third-order valence-corrected chi connectivity index (χ3v) is 5.10. The number of hydrogen-bond acceptors (Lipinski definition) is 4. The van der Waals surface area contributed by atoms with Crippen LogP contribution in [0.3, 0.4) is 0 Å². The molecule has 0 heterocycles. The fourth-order valence-electron chi connectivity index (χ4n) is 2.75. The smallest absolute Gasteiger partial charge is 0.266 e. The lowest BCUT2D eigenvalue weighted by Crippen LogP contribution is -2.14. The first-order chi connectivity index (χ1) is 15.4. The molecule has 0 atom stereocenters. The molecule has 0 aromatic heterocycles. The Bertz CT molecular complexity index is 1220. The van der Waals surface area contributed by atoms with Gasteiger partial charge in [-0.15, -0.1) is 0 Å². The highest BCUT2D eigenvalue weighted by atomic mass is 35.5. The second kappa shape index (κ2) is 10.7. The largest absolute Gasteiger partial charge is 0.493 e. The number of halogens is 3. The second-order valence-electron chi connectivity index (χ2n) is 6.55. The molecule has 0 bridgehead atoms. The van der Waals surface area contributed by atoms with Gasteiger partial charge >= 0.3 is 0 Å². The number of ether oxygens (including phenoxy) is 2. The third-order valence-electron chi connectivity index (χ3n) is 4.36. The first-order valence-corrected chi connectivity index (χ1v) is 10.1. The van der Waals surface area contributed by atoms with E-state index in [1.165, 1.54) is 31.4 Å². The van der Waals surface area contributed by atoms with Crippen LogP contribution in [0.15, 0.2) is 66.2 Å². The van der Waals surface area contributed by atoms with Crippen LogP contribution in [0.5, 0.6) is 11.5 Å². The van der Waals surface area contributed by atoms with Crippen molar-refractivity contribution in [2.45, 2.75) is 6.61 Å². The Morgan fingerprint density at radius 2 is 1.88 bits per heavy atom. The summed E-state index contributed by atoms with van der Waals surface area (Å²) in [6.07, 6.45) is 1.38. The van der Waals surface area contributed by atoms with Crippen LogP contribution in [-0.2, 0) is 11.4 Å². The lowest BCUT2D eigenvalue weighted by Gasteiger charge is -2.12. The van der Waals surface area contributed by atoms with E-state index in [0.717, 1.165) is 5.56 Å². The second-order valence-corrected chi connectivity index (χ2v) is 7.37. The fraction of sp³-hybridized carbons (Fsp3) is 0.0833. The number of carbonyl (C=O) groups is 1. The van der Waals surface area contributed by atoms with Gasteiger partial charge in [0.15, 0.2) is 11.5 Å². The maximum Gasteiger partial charge on any atom is 0.266 e. The molecule has 3 rings (SSSR count). The zero-order valence-electron chi connectivity index (χ0n) is 16.9. The molecular weight excluding hydrogens is 454 g/mol. The number of anilines is 1. The van der Waals surface area contributed by atoms with Crippen LogP contribution in [0.25, 0.3) is 6.08 Å². The van der Waals surface area contributed by atoms with Crippen LogP contribution in [0.4, 0.5) is 10.1 Å². The molecule has 1 N–H and O–H groups in total. The summed E-state index contributed by atoms with van der Waals surface area (Å²) in [6, 6.07) is 17.7. The maximum absolute atomic E-state index is 13.8. The molecular formula is C24H17Cl2FN2O3. The SMILES string of the molecule is COc1cc(/C=C(\C#N)C(=O)Nc2ccccc2F)ccc1OCc1ccc(Cl)c(Cl)c1. The van der Waals surface area contributed by atoms with Gasteiger partial charge in [0.25, 0.3) is 5.91 Å². The fourth-order valence-corrected chi connectivity index (χ4v) is 3.07. The molecule has 0 aliphatic rings. The third kappa shape index (κ3) is 5.79. The quantitative estimate of drug-likeness (QED) is 0.326. The number of nitrogens with one attached hydrogen (secondary N) is 1. The Labute approximate surface area is 194 Å². The summed E-state index contributed by atoms with van der Waals surface area (Å²) >= 11 is 11.9. The van der Waals surface area contributed by atoms with Crippen LogP contribution in [-0.4, -0.2) is 13.0 Å². The Hall–Kier alpha value is -3.53.